The number of hydrogen-bond acceptors (Lipinski definition) is 6. The minimum Gasteiger partial charge on any atom is -0.444 e. The summed E-state index contributed by atoms with van der Waals surface area (Å²) in [5.74, 6) is 0.118. The molecule has 10 nitrogen and oxygen atoms in total. The van der Waals surface area contributed by atoms with Crippen molar-refractivity contribution in [1.29, 1.82) is 0 Å². The van der Waals surface area contributed by atoms with Gasteiger partial charge in [-0.15, -0.1) is 0 Å². The second kappa shape index (κ2) is 11.3. The van der Waals surface area contributed by atoms with Crippen LogP contribution < -0.4 is 11.0 Å². The number of carbonyl (C=O) groups is 2. The summed E-state index contributed by atoms with van der Waals surface area (Å²) in [4.78, 5) is 39.3. The van der Waals surface area contributed by atoms with Crippen molar-refractivity contribution >= 4 is 23.0 Å². The number of hydrogen-bond donors (Lipinski definition) is 2. The van der Waals surface area contributed by atoms with E-state index in [0.717, 1.165) is 42.3 Å². The zero-order valence-electron chi connectivity index (χ0n) is 22.4. The lowest BCUT2D eigenvalue weighted by Crippen LogP contribution is -2.46. The zero-order valence-corrected chi connectivity index (χ0v) is 22.4. The number of aliphatic hydroxyl groups excluding tert-OH is 1. The van der Waals surface area contributed by atoms with E-state index in [0.29, 0.717) is 45.1 Å². The van der Waals surface area contributed by atoms with E-state index >= 15 is 0 Å². The monoisotopic (exact) mass is 516 g/mol. The average Bonchev–Trinajstić information content (AvgIpc) is 3.08. The molecule has 2 fully saturated rings. The first-order valence-corrected chi connectivity index (χ1v) is 13.3. The molecule has 3 heterocycles. The maximum Gasteiger partial charge on any atom is 0.410 e. The topological polar surface area (TPSA) is 115 Å². The van der Waals surface area contributed by atoms with Crippen LogP contribution in [0.25, 0.3) is 11.0 Å². The van der Waals surface area contributed by atoms with E-state index in [1.807, 2.05) is 39.0 Å². The third-order valence-corrected chi connectivity index (χ3v) is 7.16. The summed E-state index contributed by atoms with van der Waals surface area (Å²) in [6.07, 6.45) is 3.26. The summed E-state index contributed by atoms with van der Waals surface area (Å²) in [6.45, 7) is 8.38. The van der Waals surface area contributed by atoms with Crippen molar-refractivity contribution in [1.82, 2.24) is 19.4 Å². The van der Waals surface area contributed by atoms with Crippen molar-refractivity contribution in [3.05, 3.63) is 34.2 Å². The van der Waals surface area contributed by atoms with E-state index in [1.54, 1.807) is 16.5 Å². The van der Waals surface area contributed by atoms with Crippen molar-refractivity contribution in [2.75, 3.05) is 26.3 Å². The Labute approximate surface area is 217 Å². The molecule has 2 aliphatic heterocycles. The maximum atomic E-state index is 12.9. The first kappa shape index (κ1) is 27.2. The summed E-state index contributed by atoms with van der Waals surface area (Å²) in [6, 6.07) is 5.30. The molecule has 4 rings (SSSR count). The van der Waals surface area contributed by atoms with Crippen molar-refractivity contribution in [3.63, 3.8) is 0 Å². The highest BCUT2D eigenvalue weighted by molar-refractivity contribution is 5.85. The number of imidazole rings is 1. The first-order valence-electron chi connectivity index (χ1n) is 13.3. The van der Waals surface area contributed by atoms with Crippen LogP contribution in [-0.4, -0.2) is 69.3 Å². The van der Waals surface area contributed by atoms with E-state index in [1.165, 1.54) is 4.57 Å². The van der Waals surface area contributed by atoms with Gasteiger partial charge < -0.3 is 24.8 Å². The first-order chi connectivity index (χ1) is 17.5. The Morgan fingerprint density at radius 2 is 1.84 bits per heavy atom. The Hall–Kier alpha value is -2.85. The lowest BCUT2D eigenvalue weighted by molar-refractivity contribution is -0.130. The number of aryl methyl sites for hydroxylation is 2. The highest BCUT2D eigenvalue weighted by Crippen LogP contribution is 2.25. The number of fused-ring (bicyclic) bond motifs is 1. The number of piperidine rings is 2. The molecule has 1 aromatic heterocycles. The van der Waals surface area contributed by atoms with Crippen LogP contribution in [0.15, 0.2) is 23.0 Å². The fraction of sp³-hybridized carbons (Fsp3) is 0.667. The fourth-order valence-electron chi connectivity index (χ4n) is 5.13. The Balaban J connectivity index is 1.24. The van der Waals surface area contributed by atoms with Crippen LogP contribution in [-0.2, 0) is 27.7 Å². The summed E-state index contributed by atoms with van der Waals surface area (Å²) in [7, 11) is 1.72. The standard InChI is InChI=1S/C27H40N4O6/c1-27(2,3)37-26(35)30-13-11-19(12-14-30)17-36-15-5-6-18-7-8-20-22(16-18)29(4)25(34)31(20)21-9-10-23(32)28-24(21)33/h7-8,16,19,21,23,32H,5-6,9-15,17H2,1-4H3,(H,28,33). The lowest BCUT2D eigenvalue weighted by Gasteiger charge is -2.33. The SMILES string of the molecule is Cn1c(=O)n(C2CCC(O)NC2=O)c2ccc(CCCOCC3CCN(C(=O)OC(C)(C)C)CC3)cc21. The van der Waals surface area contributed by atoms with Crippen LogP contribution in [0.5, 0.6) is 0 Å². The third kappa shape index (κ3) is 6.54. The summed E-state index contributed by atoms with van der Waals surface area (Å²) in [5.41, 5.74) is 1.92. The molecule has 2 amide bonds. The molecule has 2 unspecified atom stereocenters. The molecular weight excluding hydrogens is 476 g/mol. The lowest BCUT2D eigenvalue weighted by atomic mass is 9.98. The van der Waals surface area contributed by atoms with Gasteiger partial charge in [0.2, 0.25) is 5.91 Å². The number of carbonyl (C=O) groups excluding carboxylic acids is 2. The molecule has 2 saturated heterocycles. The number of rotatable bonds is 7. The smallest absolute Gasteiger partial charge is 0.410 e. The van der Waals surface area contributed by atoms with E-state index < -0.39 is 17.9 Å². The Morgan fingerprint density at radius 3 is 2.51 bits per heavy atom. The zero-order chi connectivity index (χ0) is 26.7. The second-order valence-corrected chi connectivity index (χ2v) is 11.2. The minimum absolute atomic E-state index is 0.232. The number of benzene rings is 1. The molecule has 1 aromatic carbocycles. The van der Waals surface area contributed by atoms with E-state index in [2.05, 4.69) is 5.32 Å². The van der Waals surface area contributed by atoms with Gasteiger partial charge in [-0.2, -0.15) is 0 Å². The van der Waals surface area contributed by atoms with E-state index in [4.69, 9.17) is 9.47 Å². The van der Waals surface area contributed by atoms with Crippen LogP contribution in [0, 0.1) is 5.92 Å². The number of nitrogens with zero attached hydrogens (tertiary/aromatic N) is 3. The molecule has 2 aromatic rings. The van der Waals surface area contributed by atoms with Gasteiger partial charge in [-0.25, -0.2) is 9.59 Å². The molecule has 0 aliphatic carbocycles. The van der Waals surface area contributed by atoms with Gasteiger partial charge >= 0.3 is 11.8 Å². The quantitative estimate of drug-likeness (QED) is 0.547. The Morgan fingerprint density at radius 1 is 1.11 bits per heavy atom. The predicted molar refractivity (Wildman–Crippen MR) is 139 cm³/mol. The van der Waals surface area contributed by atoms with Gasteiger partial charge in [0.05, 0.1) is 11.0 Å². The Kier molecular flexibility index (Phi) is 8.28. The molecular formula is C27H40N4O6. The Bertz CT molecular complexity index is 1170. The molecule has 2 N–H and O–H groups in total. The number of likely N-dealkylation sites (tertiary alicyclic amines) is 1. The van der Waals surface area contributed by atoms with Gasteiger partial charge in [-0.3, -0.25) is 13.9 Å². The van der Waals surface area contributed by atoms with Crippen LogP contribution in [0.2, 0.25) is 0 Å². The largest absolute Gasteiger partial charge is 0.444 e. The highest BCUT2D eigenvalue weighted by atomic mass is 16.6. The van der Waals surface area contributed by atoms with Gasteiger partial charge in [0.25, 0.3) is 0 Å². The van der Waals surface area contributed by atoms with Crippen molar-refractivity contribution in [2.45, 2.75) is 77.2 Å². The predicted octanol–water partition coefficient (Wildman–Crippen LogP) is 2.71. The molecule has 0 bridgehead atoms. The second-order valence-electron chi connectivity index (χ2n) is 11.2. The molecule has 10 heteroatoms. The van der Waals surface area contributed by atoms with Crippen LogP contribution >= 0.6 is 0 Å². The van der Waals surface area contributed by atoms with Gasteiger partial charge in [0, 0.05) is 33.4 Å². The number of aromatic nitrogens is 2. The number of ether oxygens (including phenoxy) is 2. The molecule has 204 valence electrons. The molecule has 37 heavy (non-hydrogen) atoms. The maximum absolute atomic E-state index is 12.9. The van der Waals surface area contributed by atoms with Crippen molar-refractivity contribution < 1.29 is 24.2 Å². The fourth-order valence-corrected chi connectivity index (χ4v) is 5.13. The summed E-state index contributed by atoms with van der Waals surface area (Å²) < 4.78 is 14.5. The van der Waals surface area contributed by atoms with Crippen LogP contribution in [0.4, 0.5) is 4.79 Å². The minimum atomic E-state index is -0.853. The van der Waals surface area contributed by atoms with Crippen LogP contribution in [0.1, 0.15) is 64.5 Å². The van der Waals surface area contributed by atoms with Crippen LogP contribution in [0.3, 0.4) is 0 Å². The van der Waals surface area contributed by atoms with Crippen molar-refractivity contribution in [2.24, 2.45) is 13.0 Å². The van der Waals surface area contributed by atoms with Gasteiger partial charge in [-0.05, 0) is 82.9 Å². The summed E-state index contributed by atoms with van der Waals surface area (Å²) in [5, 5.41) is 12.2. The summed E-state index contributed by atoms with van der Waals surface area (Å²) >= 11 is 0. The van der Waals surface area contributed by atoms with E-state index in [9.17, 15) is 19.5 Å². The highest BCUT2D eigenvalue weighted by Gasteiger charge is 2.31. The number of nitrogens with one attached hydrogen (secondary N) is 1. The normalized spacial score (nSPS) is 21.3. The third-order valence-electron chi connectivity index (χ3n) is 7.16. The molecule has 0 spiro atoms. The van der Waals surface area contributed by atoms with Gasteiger partial charge in [0.15, 0.2) is 0 Å². The van der Waals surface area contributed by atoms with Gasteiger partial charge in [-0.1, -0.05) is 6.07 Å². The molecule has 0 radical (unpaired) electrons. The molecule has 0 saturated carbocycles. The number of amides is 2. The average molecular weight is 517 g/mol. The molecule has 2 aliphatic rings. The number of aliphatic hydroxyl groups is 1. The van der Waals surface area contributed by atoms with Gasteiger partial charge in [0.1, 0.15) is 17.9 Å². The van der Waals surface area contributed by atoms with Crippen molar-refractivity contribution in [3.8, 4) is 0 Å². The molecule has 2 atom stereocenters. The van der Waals surface area contributed by atoms with E-state index in [-0.39, 0.29) is 17.7 Å².